The van der Waals surface area contributed by atoms with Crippen molar-refractivity contribution in [2.75, 3.05) is 19.6 Å². The van der Waals surface area contributed by atoms with Crippen LogP contribution in [-0.2, 0) is 0 Å². The van der Waals surface area contributed by atoms with Gasteiger partial charge < -0.3 is 10.6 Å². The molecule has 1 amide bonds. The molecular formula is C19H26ClFN4O. The Kier molecular flexibility index (Phi) is 7.17. The number of amides is 1. The molecule has 0 bridgehead atoms. The number of hydrogen-bond donors (Lipinski definition) is 2. The Morgan fingerprint density at radius 3 is 2.73 bits per heavy atom. The maximum Gasteiger partial charge on any atom is 0.255 e. The van der Waals surface area contributed by atoms with Gasteiger partial charge in [0.25, 0.3) is 5.91 Å². The van der Waals surface area contributed by atoms with Gasteiger partial charge in [-0.25, -0.2) is 9.07 Å². The molecule has 7 heteroatoms. The van der Waals surface area contributed by atoms with E-state index in [1.807, 2.05) is 13.8 Å². The van der Waals surface area contributed by atoms with Gasteiger partial charge in [0.2, 0.25) is 0 Å². The molecule has 1 aliphatic rings. The first-order valence-electron chi connectivity index (χ1n) is 8.87. The third-order valence-electron chi connectivity index (χ3n) is 4.83. The first-order chi connectivity index (χ1) is 12.1. The standard InChI is InChI=1S/C19H25FN4O.ClH/c1-13-18(19(25)22-11-9-15-4-3-10-21-12-15)14(2)24(23-13)17-7-5-16(20)6-8-17;/h5-8,15,21H,3-4,9-12H2,1-2H3,(H,22,25);1H. The van der Waals surface area contributed by atoms with Gasteiger partial charge in [-0.3, -0.25) is 4.79 Å². The fourth-order valence-electron chi connectivity index (χ4n) is 3.45. The number of piperidine rings is 1. The van der Waals surface area contributed by atoms with Crippen LogP contribution in [0.1, 0.15) is 41.0 Å². The topological polar surface area (TPSA) is 59.0 Å². The lowest BCUT2D eigenvalue weighted by Crippen LogP contribution is -2.33. The SMILES string of the molecule is Cc1nn(-c2ccc(F)cc2)c(C)c1C(=O)NCCC1CCCNC1.Cl. The summed E-state index contributed by atoms with van der Waals surface area (Å²) in [5.74, 6) is 0.255. The zero-order valence-corrected chi connectivity index (χ0v) is 16.0. The molecular weight excluding hydrogens is 355 g/mol. The van der Waals surface area contributed by atoms with Gasteiger partial charge in [-0.1, -0.05) is 0 Å². The highest BCUT2D eigenvalue weighted by atomic mass is 35.5. The van der Waals surface area contributed by atoms with Crippen molar-refractivity contribution in [1.82, 2.24) is 20.4 Å². The van der Waals surface area contributed by atoms with Gasteiger partial charge in [-0.2, -0.15) is 5.10 Å². The molecule has 2 aromatic rings. The molecule has 0 spiro atoms. The van der Waals surface area contributed by atoms with E-state index in [0.717, 1.165) is 30.9 Å². The van der Waals surface area contributed by atoms with Crippen molar-refractivity contribution in [3.05, 3.63) is 47.0 Å². The van der Waals surface area contributed by atoms with E-state index in [-0.39, 0.29) is 24.1 Å². The van der Waals surface area contributed by atoms with Crippen LogP contribution < -0.4 is 10.6 Å². The Balaban J connectivity index is 0.00000243. The molecule has 26 heavy (non-hydrogen) atoms. The van der Waals surface area contributed by atoms with Crippen LogP contribution in [-0.4, -0.2) is 35.3 Å². The fraction of sp³-hybridized carbons (Fsp3) is 0.474. The number of nitrogens with zero attached hydrogens (tertiary/aromatic N) is 2. The first-order valence-corrected chi connectivity index (χ1v) is 8.87. The van der Waals surface area contributed by atoms with Crippen LogP contribution in [0, 0.1) is 25.6 Å². The summed E-state index contributed by atoms with van der Waals surface area (Å²) >= 11 is 0. The van der Waals surface area contributed by atoms with E-state index < -0.39 is 0 Å². The highest BCUT2D eigenvalue weighted by Gasteiger charge is 2.20. The molecule has 1 saturated heterocycles. The van der Waals surface area contributed by atoms with Crippen molar-refractivity contribution in [2.45, 2.75) is 33.1 Å². The minimum Gasteiger partial charge on any atom is -0.352 e. The second-order valence-electron chi connectivity index (χ2n) is 6.69. The second-order valence-corrected chi connectivity index (χ2v) is 6.69. The average molecular weight is 381 g/mol. The van der Waals surface area contributed by atoms with Crippen LogP contribution in [0.15, 0.2) is 24.3 Å². The molecule has 1 aliphatic heterocycles. The molecule has 1 aromatic carbocycles. The van der Waals surface area contributed by atoms with E-state index >= 15 is 0 Å². The largest absolute Gasteiger partial charge is 0.352 e. The number of benzene rings is 1. The summed E-state index contributed by atoms with van der Waals surface area (Å²) in [6, 6.07) is 6.10. The van der Waals surface area contributed by atoms with Crippen molar-refractivity contribution < 1.29 is 9.18 Å². The molecule has 0 saturated carbocycles. The highest BCUT2D eigenvalue weighted by molar-refractivity contribution is 5.96. The molecule has 142 valence electrons. The van der Waals surface area contributed by atoms with Gasteiger partial charge in [0.05, 0.1) is 22.6 Å². The number of halogens is 2. The Morgan fingerprint density at radius 1 is 1.35 bits per heavy atom. The number of aromatic nitrogens is 2. The van der Waals surface area contributed by atoms with Gasteiger partial charge in [-0.05, 0) is 76.4 Å². The summed E-state index contributed by atoms with van der Waals surface area (Å²) in [5.41, 5.74) is 2.79. The predicted molar refractivity (Wildman–Crippen MR) is 103 cm³/mol. The van der Waals surface area contributed by atoms with Gasteiger partial charge in [0.1, 0.15) is 5.82 Å². The van der Waals surface area contributed by atoms with E-state index in [9.17, 15) is 9.18 Å². The van der Waals surface area contributed by atoms with Crippen LogP contribution in [0.3, 0.4) is 0 Å². The first kappa shape index (κ1) is 20.4. The van der Waals surface area contributed by atoms with E-state index in [0.29, 0.717) is 23.7 Å². The van der Waals surface area contributed by atoms with Crippen molar-refractivity contribution >= 4 is 18.3 Å². The Bertz CT molecular complexity index is 739. The lowest BCUT2D eigenvalue weighted by Gasteiger charge is -2.22. The van der Waals surface area contributed by atoms with Crippen LogP contribution in [0.4, 0.5) is 4.39 Å². The summed E-state index contributed by atoms with van der Waals surface area (Å²) in [4.78, 5) is 12.6. The Morgan fingerprint density at radius 2 is 2.08 bits per heavy atom. The number of carbonyl (C=O) groups is 1. The van der Waals surface area contributed by atoms with Gasteiger partial charge in [0, 0.05) is 6.54 Å². The third-order valence-corrected chi connectivity index (χ3v) is 4.83. The van der Waals surface area contributed by atoms with E-state index in [2.05, 4.69) is 15.7 Å². The van der Waals surface area contributed by atoms with Gasteiger partial charge in [-0.15, -0.1) is 12.4 Å². The lowest BCUT2D eigenvalue weighted by molar-refractivity contribution is 0.0949. The van der Waals surface area contributed by atoms with E-state index in [4.69, 9.17) is 0 Å². The maximum atomic E-state index is 13.1. The number of carbonyl (C=O) groups excluding carboxylic acids is 1. The summed E-state index contributed by atoms with van der Waals surface area (Å²) in [5, 5.41) is 10.9. The van der Waals surface area contributed by atoms with Crippen molar-refractivity contribution in [2.24, 2.45) is 5.92 Å². The monoisotopic (exact) mass is 380 g/mol. The van der Waals surface area contributed by atoms with Crippen molar-refractivity contribution in [3.8, 4) is 5.69 Å². The van der Waals surface area contributed by atoms with E-state index in [1.165, 1.54) is 25.0 Å². The summed E-state index contributed by atoms with van der Waals surface area (Å²) < 4.78 is 14.8. The molecule has 2 N–H and O–H groups in total. The molecule has 1 atom stereocenters. The van der Waals surface area contributed by atoms with Gasteiger partial charge >= 0.3 is 0 Å². The summed E-state index contributed by atoms with van der Waals surface area (Å²) in [7, 11) is 0. The number of rotatable bonds is 5. The molecule has 0 radical (unpaired) electrons. The molecule has 1 fully saturated rings. The number of hydrogen-bond acceptors (Lipinski definition) is 3. The molecule has 3 rings (SSSR count). The second kappa shape index (κ2) is 9.14. The summed E-state index contributed by atoms with van der Waals surface area (Å²) in [6.07, 6.45) is 3.42. The van der Waals surface area contributed by atoms with Crippen LogP contribution in [0.5, 0.6) is 0 Å². The normalized spacial score (nSPS) is 16.8. The van der Waals surface area contributed by atoms with Crippen molar-refractivity contribution in [3.63, 3.8) is 0 Å². The fourth-order valence-corrected chi connectivity index (χ4v) is 3.45. The lowest BCUT2D eigenvalue weighted by atomic mass is 9.96. The molecule has 2 heterocycles. The number of nitrogens with one attached hydrogen (secondary N) is 2. The zero-order chi connectivity index (χ0) is 17.8. The van der Waals surface area contributed by atoms with Crippen LogP contribution >= 0.6 is 12.4 Å². The van der Waals surface area contributed by atoms with E-state index in [1.54, 1.807) is 16.8 Å². The predicted octanol–water partition coefficient (Wildman–Crippen LogP) is 3.17. The summed E-state index contributed by atoms with van der Waals surface area (Å²) in [6.45, 7) is 6.50. The molecule has 5 nitrogen and oxygen atoms in total. The smallest absolute Gasteiger partial charge is 0.255 e. The molecule has 1 aromatic heterocycles. The Labute approximate surface area is 159 Å². The minimum atomic E-state index is -0.291. The Hall–Kier alpha value is -1.92. The third kappa shape index (κ3) is 4.62. The maximum absolute atomic E-state index is 13.1. The highest BCUT2D eigenvalue weighted by Crippen LogP contribution is 2.19. The van der Waals surface area contributed by atoms with Crippen molar-refractivity contribution in [1.29, 1.82) is 0 Å². The van der Waals surface area contributed by atoms with Gasteiger partial charge in [0.15, 0.2) is 0 Å². The molecule has 0 aliphatic carbocycles. The molecule has 1 unspecified atom stereocenters. The zero-order valence-electron chi connectivity index (χ0n) is 15.2. The minimum absolute atomic E-state index is 0. The average Bonchev–Trinajstić information content (AvgIpc) is 2.91. The quantitative estimate of drug-likeness (QED) is 0.837. The van der Waals surface area contributed by atoms with Crippen LogP contribution in [0.2, 0.25) is 0 Å². The van der Waals surface area contributed by atoms with Crippen LogP contribution in [0.25, 0.3) is 5.69 Å². The number of aryl methyl sites for hydroxylation is 1.